The monoisotopic (exact) mass is 299 g/mol. The molecule has 2 aliphatic heterocycles. The van der Waals surface area contributed by atoms with Crippen molar-refractivity contribution >= 4 is 15.7 Å². The van der Waals surface area contributed by atoms with Gasteiger partial charge >= 0.3 is 0 Å². The molecule has 0 bridgehead atoms. The Balaban J connectivity index is 1.97. The van der Waals surface area contributed by atoms with Gasteiger partial charge in [0.2, 0.25) is 5.91 Å². The SMILES string of the molecule is C#CCN(C(=O)CN1CCNCC1)C1CCS(=O)(=O)C1. The number of hydrogen-bond acceptors (Lipinski definition) is 5. The summed E-state index contributed by atoms with van der Waals surface area (Å²) in [4.78, 5) is 16.0. The Morgan fingerprint density at radius 3 is 2.65 bits per heavy atom. The standard InChI is InChI=1S/C13H21N3O3S/c1-2-6-16(12-3-9-20(18,19)11-12)13(17)10-15-7-4-14-5-8-15/h1,12,14H,3-11H2. The number of carbonyl (C=O) groups is 1. The van der Waals surface area contributed by atoms with Crippen LogP contribution in [0, 0.1) is 12.3 Å². The third-order valence-corrected chi connectivity index (χ3v) is 5.55. The Morgan fingerprint density at radius 2 is 2.10 bits per heavy atom. The van der Waals surface area contributed by atoms with E-state index in [0.29, 0.717) is 13.0 Å². The predicted octanol–water partition coefficient (Wildman–Crippen LogP) is -1.46. The fourth-order valence-electron chi connectivity index (χ4n) is 2.69. The number of hydrogen-bond donors (Lipinski definition) is 1. The van der Waals surface area contributed by atoms with Gasteiger partial charge in [-0.3, -0.25) is 9.69 Å². The van der Waals surface area contributed by atoms with Gasteiger partial charge in [-0.25, -0.2) is 8.42 Å². The molecule has 2 saturated heterocycles. The molecule has 1 unspecified atom stereocenters. The van der Waals surface area contributed by atoms with Crippen LogP contribution in [0.5, 0.6) is 0 Å². The number of piperazine rings is 1. The van der Waals surface area contributed by atoms with Gasteiger partial charge in [-0.05, 0) is 6.42 Å². The Labute approximate surface area is 120 Å². The zero-order valence-corrected chi connectivity index (χ0v) is 12.4. The lowest BCUT2D eigenvalue weighted by atomic mass is 10.2. The molecule has 0 aromatic carbocycles. The molecule has 1 amide bonds. The first kappa shape index (κ1) is 15.3. The van der Waals surface area contributed by atoms with E-state index < -0.39 is 9.84 Å². The average Bonchev–Trinajstić information content (AvgIpc) is 2.77. The van der Waals surface area contributed by atoms with Crippen LogP contribution in [-0.4, -0.2) is 80.9 Å². The molecule has 0 aromatic heterocycles. The highest BCUT2D eigenvalue weighted by atomic mass is 32.2. The van der Waals surface area contributed by atoms with Crippen molar-refractivity contribution in [2.24, 2.45) is 0 Å². The number of rotatable bonds is 4. The Hall–Kier alpha value is -1.10. The van der Waals surface area contributed by atoms with Crippen LogP contribution in [0.4, 0.5) is 0 Å². The predicted molar refractivity (Wildman–Crippen MR) is 76.9 cm³/mol. The molecule has 2 heterocycles. The summed E-state index contributed by atoms with van der Waals surface area (Å²) in [5.74, 6) is 2.60. The van der Waals surface area contributed by atoms with Crippen molar-refractivity contribution in [3.63, 3.8) is 0 Å². The quantitative estimate of drug-likeness (QED) is 0.643. The molecule has 20 heavy (non-hydrogen) atoms. The van der Waals surface area contributed by atoms with Crippen molar-refractivity contribution in [1.82, 2.24) is 15.1 Å². The van der Waals surface area contributed by atoms with Crippen LogP contribution in [0.25, 0.3) is 0 Å². The summed E-state index contributed by atoms with van der Waals surface area (Å²) in [6.45, 7) is 3.92. The highest BCUT2D eigenvalue weighted by Gasteiger charge is 2.34. The van der Waals surface area contributed by atoms with Crippen LogP contribution in [0.1, 0.15) is 6.42 Å². The van der Waals surface area contributed by atoms with Crippen molar-refractivity contribution in [3.8, 4) is 12.3 Å². The molecule has 0 aliphatic carbocycles. The number of carbonyl (C=O) groups excluding carboxylic acids is 1. The van der Waals surface area contributed by atoms with E-state index in [1.54, 1.807) is 4.90 Å². The van der Waals surface area contributed by atoms with E-state index >= 15 is 0 Å². The molecule has 1 atom stereocenters. The van der Waals surface area contributed by atoms with Crippen LogP contribution >= 0.6 is 0 Å². The number of terminal acetylenes is 1. The summed E-state index contributed by atoms with van der Waals surface area (Å²) < 4.78 is 23.1. The summed E-state index contributed by atoms with van der Waals surface area (Å²) in [6, 6.07) is -0.258. The Kier molecular flexibility index (Phi) is 5.02. The summed E-state index contributed by atoms with van der Waals surface area (Å²) in [7, 11) is -3.01. The van der Waals surface area contributed by atoms with E-state index in [1.165, 1.54) is 0 Å². The van der Waals surface area contributed by atoms with Gasteiger partial charge in [-0.15, -0.1) is 6.42 Å². The van der Waals surface area contributed by atoms with Gasteiger partial charge in [-0.1, -0.05) is 5.92 Å². The maximum Gasteiger partial charge on any atom is 0.237 e. The smallest absolute Gasteiger partial charge is 0.237 e. The molecule has 6 nitrogen and oxygen atoms in total. The number of amides is 1. The molecule has 2 aliphatic rings. The number of sulfone groups is 1. The molecule has 0 spiro atoms. The Morgan fingerprint density at radius 1 is 1.40 bits per heavy atom. The van der Waals surface area contributed by atoms with Gasteiger partial charge in [-0.2, -0.15) is 0 Å². The minimum Gasteiger partial charge on any atom is -0.326 e. The van der Waals surface area contributed by atoms with Gasteiger partial charge in [0.05, 0.1) is 24.6 Å². The second-order valence-electron chi connectivity index (χ2n) is 5.31. The van der Waals surface area contributed by atoms with Crippen molar-refractivity contribution < 1.29 is 13.2 Å². The van der Waals surface area contributed by atoms with Crippen LogP contribution in [0.15, 0.2) is 0 Å². The first-order valence-electron chi connectivity index (χ1n) is 6.88. The minimum atomic E-state index is -3.01. The van der Waals surface area contributed by atoms with Gasteiger partial charge < -0.3 is 10.2 Å². The van der Waals surface area contributed by atoms with Crippen molar-refractivity contribution in [3.05, 3.63) is 0 Å². The number of nitrogens with zero attached hydrogens (tertiary/aromatic N) is 2. The molecule has 7 heteroatoms. The molecule has 112 valence electrons. The van der Waals surface area contributed by atoms with E-state index in [4.69, 9.17) is 6.42 Å². The van der Waals surface area contributed by atoms with Gasteiger partial charge in [0, 0.05) is 32.2 Å². The Bertz CT molecular complexity index is 491. The molecule has 2 fully saturated rings. The molecule has 2 rings (SSSR count). The van der Waals surface area contributed by atoms with E-state index in [0.717, 1.165) is 26.2 Å². The maximum atomic E-state index is 12.4. The summed E-state index contributed by atoms with van der Waals surface area (Å²) in [6.07, 6.45) is 5.82. The lowest BCUT2D eigenvalue weighted by Gasteiger charge is -2.31. The fraction of sp³-hybridized carbons (Fsp3) is 0.769. The lowest BCUT2D eigenvalue weighted by Crippen LogP contribution is -2.50. The molecular formula is C13H21N3O3S. The van der Waals surface area contributed by atoms with E-state index in [1.807, 2.05) is 0 Å². The highest BCUT2D eigenvalue weighted by Crippen LogP contribution is 2.18. The molecule has 0 radical (unpaired) electrons. The normalized spacial score (nSPS) is 26.1. The highest BCUT2D eigenvalue weighted by molar-refractivity contribution is 7.91. The maximum absolute atomic E-state index is 12.4. The molecule has 0 saturated carbocycles. The summed E-state index contributed by atoms with van der Waals surface area (Å²) in [5, 5.41) is 3.23. The van der Waals surface area contributed by atoms with E-state index in [-0.39, 0.29) is 30.0 Å². The van der Waals surface area contributed by atoms with Crippen LogP contribution in [0.3, 0.4) is 0 Å². The number of nitrogens with one attached hydrogen (secondary N) is 1. The van der Waals surface area contributed by atoms with Crippen molar-refractivity contribution in [1.29, 1.82) is 0 Å². The van der Waals surface area contributed by atoms with Crippen LogP contribution in [-0.2, 0) is 14.6 Å². The molecular weight excluding hydrogens is 278 g/mol. The minimum absolute atomic E-state index is 0.0436. The second kappa shape index (κ2) is 6.57. The third-order valence-electron chi connectivity index (χ3n) is 3.80. The first-order valence-corrected chi connectivity index (χ1v) is 8.70. The topological polar surface area (TPSA) is 69.7 Å². The van der Waals surface area contributed by atoms with E-state index in [2.05, 4.69) is 16.1 Å². The van der Waals surface area contributed by atoms with Crippen molar-refractivity contribution in [2.45, 2.75) is 12.5 Å². The molecule has 0 aromatic rings. The van der Waals surface area contributed by atoms with Gasteiger partial charge in [0.15, 0.2) is 9.84 Å². The first-order chi connectivity index (χ1) is 9.52. The third kappa shape index (κ3) is 3.95. The van der Waals surface area contributed by atoms with Crippen LogP contribution < -0.4 is 5.32 Å². The second-order valence-corrected chi connectivity index (χ2v) is 7.54. The average molecular weight is 299 g/mol. The fourth-order valence-corrected chi connectivity index (χ4v) is 4.42. The zero-order valence-electron chi connectivity index (χ0n) is 11.5. The van der Waals surface area contributed by atoms with Gasteiger partial charge in [0.25, 0.3) is 0 Å². The zero-order chi connectivity index (χ0) is 14.6. The van der Waals surface area contributed by atoms with Crippen LogP contribution in [0.2, 0.25) is 0 Å². The van der Waals surface area contributed by atoms with E-state index in [9.17, 15) is 13.2 Å². The van der Waals surface area contributed by atoms with Crippen molar-refractivity contribution in [2.75, 3.05) is 50.8 Å². The van der Waals surface area contributed by atoms with Gasteiger partial charge in [0.1, 0.15) is 0 Å². The lowest BCUT2D eigenvalue weighted by molar-refractivity contribution is -0.133. The molecule has 1 N–H and O–H groups in total. The largest absolute Gasteiger partial charge is 0.326 e. The summed E-state index contributed by atoms with van der Waals surface area (Å²) in [5.41, 5.74) is 0. The summed E-state index contributed by atoms with van der Waals surface area (Å²) >= 11 is 0.